The number of thioether (sulfide) groups is 1. The maximum Gasteiger partial charge on any atom is 0.223 e. The van der Waals surface area contributed by atoms with Gasteiger partial charge in [-0.3, -0.25) is 4.79 Å². The molecule has 1 N–H and O–H groups in total. The molecule has 0 aliphatic carbocycles. The molecule has 1 aromatic carbocycles. The van der Waals surface area contributed by atoms with Crippen LogP contribution in [0.2, 0.25) is 0 Å². The van der Waals surface area contributed by atoms with E-state index in [2.05, 4.69) is 11.8 Å². The van der Waals surface area contributed by atoms with Gasteiger partial charge in [0.25, 0.3) is 0 Å². The molecular formula is C15H19NO2S. The molecule has 3 nitrogen and oxygen atoms in total. The van der Waals surface area contributed by atoms with Gasteiger partial charge in [0.05, 0.1) is 0 Å². The number of rotatable bonds is 5. The summed E-state index contributed by atoms with van der Waals surface area (Å²) in [7, 11) is 1.81. The summed E-state index contributed by atoms with van der Waals surface area (Å²) >= 11 is 1.68. The highest BCUT2D eigenvalue weighted by molar-refractivity contribution is 7.98. The van der Waals surface area contributed by atoms with Crippen molar-refractivity contribution >= 4 is 17.7 Å². The number of hydrogen-bond acceptors (Lipinski definition) is 3. The Hall–Kier alpha value is -1.44. The Balaban J connectivity index is 2.63. The summed E-state index contributed by atoms with van der Waals surface area (Å²) in [5.74, 6) is 6.49. The van der Waals surface area contributed by atoms with Gasteiger partial charge in [-0.05, 0) is 24.0 Å². The molecule has 0 spiro atoms. The van der Waals surface area contributed by atoms with Gasteiger partial charge in [-0.25, -0.2) is 0 Å². The van der Waals surface area contributed by atoms with Crippen LogP contribution in [0.3, 0.4) is 0 Å². The van der Waals surface area contributed by atoms with Gasteiger partial charge in [-0.15, -0.1) is 0 Å². The van der Waals surface area contributed by atoms with Crippen LogP contribution in [-0.4, -0.2) is 41.6 Å². The third-order valence-electron chi connectivity index (χ3n) is 2.60. The number of nitrogens with zero attached hydrogens (tertiary/aromatic N) is 1. The predicted molar refractivity (Wildman–Crippen MR) is 79.9 cm³/mol. The number of aliphatic hydroxyl groups excluding tert-OH is 1. The van der Waals surface area contributed by atoms with E-state index in [0.717, 1.165) is 16.9 Å². The molecule has 0 aliphatic heterocycles. The predicted octanol–water partition coefficient (Wildman–Crippen LogP) is 1.74. The Kier molecular flexibility index (Phi) is 7.09. The maximum atomic E-state index is 11.8. The number of hydrogen-bond donors (Lipinski definition) is 1. The third-order valence-corrected chi connectivity index (χ3v) is 3.22. The summed E-state index contributed by atoms with van der Waals surface area (Å²) in [6, 6.07) is 7.72. The van der Waals surface area contributed by atoms with E-state index in [1.54, 1.807) is 16.7 Å². The van der Waals surface area contributed by atoms with Gasteiger partial charge < -0.3 is 10.0 Å². The number of carbonyl (C=O) groups excluding carboxylic acids is 1. The van der Waals surface area contributed by atoms with E-state index in [0.29, 0.717) is 13.0 Å². The molecule has 0 aliphatic rings. The van der Waals surface area contributed by atoms with Crippen molar-refractivity contribution < 1.29 is 9.90 Å². The maximum absolute atomic E-state index is 11.8. The van der Waals surface area contributed by atoms with E-state index in [9.17, 15) is 4.79 Å². The minimum atomic E-state index is -0.142. The molecule has 4 heteroatoms. The molecule has 0 atom stereocenters. The van der Waals surface area contributed by atoms with Crippen molar-refractivity contribution in [1.82, 2.24) is 4.90 Å². The van der Waals surface area contributed by atoms with Crippen LogP contribution in [0.15, 0.2) is 24.3 Å². The van der Waals surface area contributed by atoms with Gasteiger partial charge in [0.2, 0.25) is 5.91 Å². The monoisotopic (exact) mass is 277 g/mol. The van der Waals surface area contributed by atoms with E-state index in [1.807, 2.05) is 37.6 Å². The summed E-state index contributed by atoms with van der Waals surface area (Å²) in [6.45, 7) is 0.444. The van der Waals surface area contributed by atoms with Crippen LogP contribution in [-0.2, 0) is 11.3 Å². The second kappa shape index (κ2) is 8.63. The first kappa shape index (κ1) is 15.6. The minimum Gasteiger partial charge on any atom is -0.384 e. The lowest BCUT2D eigenvalue weighted by molar-refractivity contribution is -0.129. The molecule has 0 radical (unpaired) electrons. The topological polar surface area (TPSA) is 40.5 Å². The summed E-state index contributed by atoms with van der Waals surface area (Å²) in [5, 5.41) is 8.67. The van der Waals surface area contributed by atoms with Crippen molar-refractivity contribution in [3.05, 3.63) is 35.4 Å². The zero-order valence-corrected chi connectivity index (χ0v) is 12.2. The van der Waals surface area contributed by atoms with Crippen LogP contribution >= 0.6 is 11.8 Å². The van der Waals surface area contributed by atoms with E-state index in [4.69, 9.17) is 5.11 Å². The fraction of sp³-hybridized carbons (Fsp3) is 0.400. The van der Waals surface area contributed by atoms with Crippen LogP contribution in [0.1, 0.15) is 17.5 Å². The molecule has 1 amide bonds. The van der Waals surface area contributed by atoms with Crippen molar-refractivity contribution in [2.75, 3.05) is 25.7 Å². The number of aliphatic hydroxyl groups is 1. The standard InChI is InChI=1S/C15H19NO2S/c1-16(15(18)8-10-19-2)12-14-6-3-5-13(11-14)7-4-9-17/h3,5-6,11,17H,8-10,12H2,1-2H3. The first-order valence-electron chi connectivity index (χ1n) is 6.09. The Morgan fingerprint density at radius 2 is 2.26 bits per heavy atom. The second-order valence-corrected chi connectivity index (χ2v) is 5.14. The van der Waals surface area contributed by atoms with Gasteiger partial charge in [0, 0.05) is 31.3 Å². The summed E-state index contributed by atoms with van der Waals surface area (Å²) < 4.78 is 0. The smallest absolute Gasteiger partial charge is 0.223 e. The SMILES string of the molecule is CSCCC(=O)N(C)Cc1cccc(C#CCO)c1. The molecule has 0 bridgehead atoms. The molecule has 19 heavy (non-hydrogen) atoms. The lowest BCUT2D eigenvalue weighted by atomic mass is 10.1. The highest BCUT2D eigenvalue weighted by Gasteiger charge is 2.08. The molecule has 0 fully saturated rings. The molecule has 102 valence electrons. The third kappa shape index (κ3) is 5.82. The lowest BCUT2D eigenvalue weighted by Crippen LogP contribution is -2.26. The fourth-order valence-corrected chi connectivity index (χ4v) is 2.01. The van der Waals surface area contributed by atoms with Gasteiger partial charge in [0.15, 0.2) is 0 Å². The van der Waals surface area contributed by atoms with E-state index >= 15 is 0 Å². The Morgan fingerprint density at radius 1 is 1.47 bits per heavy atom. The first-order chi connectivity index (χ1) is 9.17. The van der Waals surface area contributed by atoms with Crippen LogP contribution in [0.25, 0.3) is 0 Å². The Morgan fingerprint density at radius 3 is 2.95 bits per heavy atom. The van der Waals surface area contributed by atoms with Crippen LogP contribution < -0.4 is 0 Å². The van der Waals surface area contributed by atoms with Gasteiger partial charge in [0.1, 0.15) is 6.61 Å². The van der Waals surface area contributed by atoms with Crippen molar-refractivity contribution in [1.29, 1.82) is 0 Å². The molecule has 0 heterocycles. The normalized spacial score (nSPS) is 9.63. The number of benzene rings is 1. The number of carbonyl (C=O) groups is 1. The average molecular weight is 277 g/mol. The largest absolute Gasteiger partial charge is 0.384 e. The first-order valence-corrected chi connectivity index (χ1v) is 7.48. The van der Waals surface area contributed by atoms with Crippen LogP contribution in [0, 0.1) is 11.8 Å². The lowest BCUT2D eigenvalue weighted by Gasteiger charge is -2.17. The second-order valence-electron chi connectivity index (χ2n) is 4.15. The molecule has 0 saturated heterocycles. The van der Waals surface area contributed by atoms with Crippen LogP contribution in [0.4, 0.5) is 0 Å². The zero-order chi connectivity index (χ0) is 14.1. The Bertz CT molecular complexity index is 477. The summed E-state index contributed by atoms with van der Waals surface area (Å²) in [5.41, 5.74) is 1.90. The summed E-state index contributed by atoms with van der Waals surface area (Å²) in [4.78, 5) is 13.5. The van der Waals surface area contributed by atoms with E-state index in [1.165, 1.54) is 0 Å². The average Bonchev–Trinajstić information content (AvgIpc) is 2.42. The molecule has 0 unspecified atom stereocenters. The minimum absolute atomic E-state index is 0.142. The van der Waals surface area contributed by atoms with E-state index in [-0.39, 0.29) is 12.5 Å². The van der Waals surface area contributed by atoms with Gasteiger partial charge >= 0.3 is 0 Å². The Labute approximate surface area is 119 Å². The van der Waals surface area contributed by atoms with Gasteiger partial charge in [-0.2, -0.15) is 11.8 Å². The van der Waals surface area contributed by atoms with E-state index < -0.39 is 0 Å². The van der Waals surface area contributed by atoms with Crippen molar-refractivity contribution in [3.8, 4) is 11.8 Å². The van der Waals surface area contributed by atoms with Crippen molar-refractivity contribution in [2.24, 2.45) is 0 Å². The molecular weight excluding hydrogens is 258 g/mol. The van der Waals surface area contributed by atoms with Crippen molar-refractivity contribution in [2.45, 2.75) is 13.0 Å². The number of amides is 1. The molecule has 1 aromatic rings. The van der Waals surface area contributed by atoms with Gasteiger partial charge in [-0.1, -0.05) is 24.0 Å². The van der Waals surface area contributed by atoms with Crippen LogP contribution in [0.5, 0.6) is 0 Å². The highest BCUT2D eigenvalue weighted by atomic mass is 32.2. The molecule has 1 rings (SSSR count). The molecule has 0 aromatic heterocycles. The molecule has 0 saturated carbocycles. The highest BCUT2D eigenvalue weighted by Crippen LogP contribution is 2.08. The fourth-order valence-electron chi connectivity index (χ4n) is 1.63. The van der Waals surface area contributed by atoms with Crippen molar-refractivity contribution in [3.63, 3.8) is 0 Å². The quantitative estimate of drug-likeness (QED) is 0.834. The zero-order valence-electron chi connectivity index (χ0n) is 11.3. The summed E-state index contributed by atoms with van der Waals surface area (Å²) in [6.07, 6.45) is 2.57.